The molecule has 0 aliphatic carbocycles. The topological polar surface area (TPSA) is 83.5 Å². The van der Waals surface area contributed by atoms with Gasteiger partial charge in [0.2, 0.25) is 0 Å². The van der Waals surface area contributed by atoms with E-state index in [1.807, 2.05) is 0 Å². The van der Waals surface area contributed by atoms with Gasteiger partial charge in [0.1, 0.15) is 11.6 Å². The summed E-state index contributed by atoms with van der Waals surface area (Å²) in [5, 5.41) is 2.14. The van der Waals surface area contributed by atoms with Gasteiger partial charge in [0, 0.05) is 17.7 Å². The Hall–Kier alpha value is -1.54. The van der Waals surface area contributed by atoms with Crippen molar-refractivity contribution in [1.82, 2.24) is 5.32 Å². The fourth-order valence-electron chi connectivity index (χ4n) is 1.47. The van der Waals surface area contributed by atoms with E-state index >= 15 is 0 Å². The van der Waals surface area contributed by atoms with Crippen LogP contribution >= 0.6 is 0 Å². The van der Waals surface area contributed by atoms with Gasteiger partial charge in [-0.3, -0.25) is 9.35 Å². The lowest BCUT2D eigenvalue weighted by molar-refractivity contribution is 0.0955. The molecule has 0 fully saturated rings. The highest BCUT2D eigenvalue weighted by molar-refractivity contribution is 7.85. The number of rotatable bonds is 5. The Morgan fingerprint density at radius 1 is 1.32 bits per heavy atom. The summed E-state index contributed by atoms with van der Waals surface area (Å²) in [5.41, 5.74) is -0.364. The largest absolute Gasteiger partial charge is 0.351 e. The van der Waals surface area contributed by atoms with Gasteiger partial charge in [0.15, 0.2) is 0 Å². The highest BCUT2D eigenvalue weighted by Crippen LogP contribution is 2.15. The van der Waals surface area contributed by atoms with Gasteiger partial charge in [-0.15, -0.1) is 0 Å². The maximum Gasteiger partial charge on any atom is 0.266 e. The Labute approximate surface area is 109 Å². The van der Waals surface area contributed by atoms with Gasteiger partial charge in [-0.1, -0.05) is 6.92 Å². The van der Waals surface area contributed by atoms with Gasteiger partial charge in [-0.25, -0.2) is 8.78 Å². The summed E-state index contributed by atoms with van der Waals surface area (Å²) >= 11 is 0. The van der Waals surface area contributed by atoms with Gasteiger partial charge in [-0.2, -0.15) is 8.42 Å². The summed E-state index contributed by atoms with van der Waals surface area (Å²) in [7, 11) is -4.19. The van der Waals surface area contributed by atoms with E-state index in [-0.39, 0.29) is 24.1 Å². The van der Waals surface area contributed by atoms with E-state index in [4.69, 9.17) is 4.55 Å². The van der Waals surface area contributed by atoms with Crippen LogP contribution in [0.5, 0.6) is 0 Å². The van der Waals surface area contributed by atoms with Crippen molar-refractivity contribution in [3.8, 4) is 0 Å². The molecule has 0 bridgehead atoms. The molecule has 106 valence electrons. The lowest BCUT2D eigenvalue weighted by atomic mass is 10.1. The fraction of sp³-hybridized carbons (Fsp3) is 0.364. The minimum absolute atomic E-state index is 0.116. The van der Waals surface area contributed by atoms with E-state index in [0.717, 1.165) is 12.1 Å². The van der Waals surface area contributed by atoms with E-state index in [0.29, 0.717) is 0 Å². The number of carbonyl (C=O) groups excluding carboxylic acids is 1. The minimum atomic E-state index is -4.19. The molecule has 0 saturated carbocycles. The Morgan fingerprint density at radius 3 is 2.26 bits per heavy atom. The third-order valence-electron chi connectivity index (χ3n) is 2.40. The van der Waals surface area contributed by atoms with Crippen LogP contribution in [0.4, 0.5) is 8.78 Å². The maximum absolute atomic E-state index is 13.4. The number of hydrogen-bond donors (Lipinski definition) is 2. The van der Waals surface area contributed by atoms with Crippen LogP contribution in [0, 0.1) is 11.6 Å². The summed E-state index contributed by atoms with van der Waals surface area (Å²) in [6, 6.07) is 1.76. The lowest BCUT2D eigenvalue weighted by Crippen LogP contribution is -2.29. The number of carbonyl (C=O) groups is 1. The molecule has 0 heterocycles. The van der Waals surface area contributed by atoms with Crippen molar-refractivity contribution in [3.05, 3.63) is 34.9 Å². The molecule has 1 aromatic rings. The van der Waals surface area contributed by atoms with Crippen LogP contribution in [0.15, 0.2) is 12.1 Å². The quantitative estimate of drug-likeness (QED) is 0.798. The summed E-state index contributed by atoms with van der Waals surface area (Å²) in [5.74, 6) is -3.15. The normalized spacial score (nSPS) is 11.4. The SMILES string of the molecule is CCc1c(F)cc(C(=O)NCCS(=O)(=O)O)cc1F. The first-order chi connectivity index (χ1) is 8.74. The van der Waals surface area contributed by atoms with E-state index in [1.165, 1.54) is 0 Å². The van der Waals surface area contributed by atoms with Crippen molar-refractivity contribution >= 4 is 16.0 Å². The summed E-state index contributed by atoms with van der Waals surface area (Å²) in [6.45, 7) is 1.23. The average molecular weight is 293 g/mol. The zero-order valence-corrected chi connectivity index (χ0v) is 10.9. The second-order valence-electron chi connectivity index (χ2n) is 3.81. The number of nitrogens with one attached hydrogen (secondary N) is 1. The third kappa shape index (κ3) is 4.56. The monoisotopic (exact) mass is 293 g/mol. The second kappa shape index (κ2) is 6.07. The van der Waals surface area contributed by atoms with Crippen molar-refractivity contribution < 1.29 is 26.5 Å². The van der Waals surface area contributed by atoms with Crippen LogP contribution in [0.3, 0.4) is 0 Å². The standard InChI is InChI=1S/C11H13F2NO4S/c1-2-8-9(12)5-7(6-10(8)13)11(15)14-3-4-19(16,17)18/h5-6H,2-4H2,1H3,(H,14,15)(H,16,17,18). The van der Waals surface area contributed by atoms with Crippen LogP contribution < -0.4 is 5.32 Å². The maximum atomic E-state index is 13.4. The zero-order valence-electron chi connectivity index (χ0n) is 10.1. The Balaban J connectivity index is 2.78. The van der Waals surface area contributed by atoms with Crippen molar-refractivity contribution in [1.29, 1.82) is 0 Å². The van der Waals surface area contributed by atoms with Crippen molar-refractivity contribution in [3.63, 3.8) is 0 Å². The van der Waals surface area contributed by atoms with Crippen LogP contribution in [0.2, 0.25) is 0 Å². The predicted octanol–water partition coefficient (Wildman–Crippen LogP) is 1.14. The summed E-state index contributed by atoms with van der Waals surface area (Å²) < 4.78 is 56.2. The summed E-state index contributed by atoms with van der Waals surface area (Å²) in [6.07, 6.45) is 0.155. The molecule has 8 heteroatoms. The summed E-state index contributed by atoms with van der Waals surface area (Å²) in [4.78, 5) is 11.5. The molecular weight excluding hydrogens is 280 g/mol. The lowest BCUT2D eigenvalue weighted by Gasteiger charge is -2.07. The molecular formula is C11H13F2NO4S. The Morgan fingerprint density at radius 2 is 1.84 bits per heavy atom. The molecule has 0 unspecified atom stereocenters. The molecule has 5 nitrogen and oxygen atoms in total. The van der Waals surface area contributed by atoms with Gasteiger partial charge < -0.3 is 5.32 Å². The zero-order chi connectivity index (χ0) is 14.6. The first kappa shape index (κ1) is 15.5. The van der Waals surface area contributed by atoms with E-state index in [9.17, 15) is 22.0 Å². The second-order valence-corrected chi connectivity index (χ2v) is 5.39. The van der Waals surface area contributed by atoms with Crippen molar-refractivity contribution in [2.24, 2.45) is 0 Å². The molecule has 0 spiro atoms. The molecule has 0 aromatic heterocycles. The molecule has 1 aromatic carbocycles. The molecule has 0 radical (unpaired) electrons. The highest BCUT2D eigenvalue weighted by Gasteiger charge is 2.14. The average Bonchev–Trinajstić information content (AvgIpc) is 2.26. The van der Waals surface area contributed by atoms with Crippen LogP contribution in [0.1, 0.15) is 22.8 Å². The van der Waals surface area contributed by atoms with Crippen LogP contribution in [0.25, 0.3) is 0 Å². The van der Waals surface area contributed by atoms with Gasteiger partial charge in [-0.05, 0) is 18.6 Å². The molecule has 1 rings (SSSR count). The number of hydrogen-bond acceptors (Lipinski definition) is 3. The first-order valence-electron chi connectivity index (χ1n) is 5.46. The highest BCUT2D eigenvalue weighted by atomic mass is 32.2. The van der Waals surface area contributed by atoms with Gasteiger partial charge in [0.25, 0.3) is 16.0 Å². The predicted molar refractivity (Wildman–Crippen MR) is 64.5 cm³/mol. The molecule has 1 amide bonds. The molecule has 2 N–H and O–H groups in total. The van der Waals surface area contributed by atoms with E-state index in [2.05, 4.69) is 5.32 Å². The van der Waals surface area contributed by atoms with Crippen LogP contribution in [-0.4, -0.2) is 31.2 Å². The third-order valence-corrected chi connectivity index (χ3v) is 3.12. The smallest absolute Gasteiger partial charge is 0.266 e. The molecule has 19 heavy (non-hydrogen) atoms. The number of amides is 1. The van der Waals surface area contributed by atoms with Crippen molar-refractivity contribution in [2.45, 2.75) is 13.3 Å². The van der Waals surface area contributed by atoms with Gasteiger partial charge >= 0.3 is 0 Å². The van der Waals surface area contributed by atoms with E-state index < -0.39 is 33.4 Å². The Kier molecular flexibility index (Phi) is 4.96. The van der Waals surface area contributed by atoms with Crippen LogP contribution in [-0.2, 0) is 16.5 Å². The molecule has 0 aliphatic rings. The van der Waals surface area contributed by atoms with Crippen molar-refractivity contribution in [2.75, 3.05) is 12.3 Å². The minimum Gasteiger partial charge on any atom is -0.351 e. The Bertz CT molecular complexity index is 563. The van der Waals surface area contributed by atoms with Gasteiger partial charge in [0.05, 0.1) is 5.75 Å². The molecule has 0 saturated heterocycles. The first-order valence-corrected chi connectivity index (χ1v) is 7.06. The fourth-order valence-corrected chi connectivity index (χ4v) is 1.83. The molecule has 0 atom stereocenters. The number of halogens is 2. The van der Waals surface area contributed by atoms with E-state index in [1.54, 1.807) is 6.92 Å². The molecule has 0 aliphatic heterocycles. The number of benzene rings is 1.